The molecule has 0 aromatic heterocycles. The molecule has 0 spiro atoms. The smallest absolute Gasteiger partial charge is 0.251 e. The molecule has 0 bridgehead atoms. The fourth-order valence-electron chi connectivity index (χ4n) is 2.29. The first-order chi connectivity index (χ1) is 9.99. The number of amides is 3. The molecule has 1 unspecified atom stereocenters. The number of nitrogens with two attached hydrogens (primary N) is 1. The SMILES string of the molecule is CN1C(=O)CCC(NC(=O)[C@@H](N)Cc2ccccc2)C1=O. The van der Waals surface area contributed by atoms with Gasteiger partial charge in [-0.05, 0) is 18.4 Å². The van der Waals surface area contributed by atoms with Gasteiger partial charge in [-0.15, -0.1) is 0 Å². The van der Waals surface area contributed by atoms with Crippen molar-refractivity contribution < 1.29 is 14.4 Å². The monoisotopic (exact) mass is 289 g/mol. The van der Waals surface area contributed by atoms with E-state index in [-0.39, 0.29) is 24.1 Å². The zero-order chi connectivity index (χ0) is 15.4. The lowest BCUT2D eigenvalue weighted by atomic mass is 10.0. The third-order valence-corrected chi connectivity index (χ3v) is 3.60. The maximum absolute atomic E-state index is 12.1. The summed E-state index contributed by atoms with van der Waals surface area (Å²) in [5, 5.41) is 2.63. The molecule has 21 heavy (non-hydrogen) atoms. The molecular formula is C15H19N3O3. The van der Waals surface area contributed by atoms with Crippen molar-refractivity contribution in [2.45, 2.75) is 31.3 Å². The number of nitrogens with zero attached hydrogens (tertiary/aromatic N) is 1. The molecule has 0 radical (unpaired) electrons. The Labute approximate surface area is 123 Å². The van der Waals surface area contributed by atoms with Gasteiger partial charge in [-0.2, -0.15) is 0 Å². The molecule has 6 heteroatoms. The molecule has 2 rings (SSSR count). The Balaban J connectivity index is 1.92. The molecule has 1 saturated heterocycles. The molecule has 112 valence electrons. The summed E-state index contributed by atoms with van der Waals surface area (Å²) in [6.45, 7) is 0. The highest BCUT2D eigenvalue weighted by molar-refractivity contribution is 6.01. The third kappa shape index (κ3) is 3.66. The number of benzene rings is 1. The standard InChI is InChI=1S/C15H19N3O3/c1-18-13(19)8-7-12(15(18)21)17-14(20)11(16)9-10-5-3-2-4-6-10/h2-6,11-12H,7-9,16H2,1H3,(H,17,20)/t11-,12?/m0/s1. The summed E-state index contributed by atoms with van der Waals surface area (Å²) in [4.78, 5) is 36.4. The number of hydrogen-bond acceptors (Lipinski definition) is 4. The number of rotatable bonds is 4. The third-order valence-electron chi connectivity index (χ3n) is 3.60. The second-order valence-electron chi connectivity index (χ2n) is 5.19. The minimum absolute atomic E-state index is 0.223. The van der Waals surface area contributed by atoms with Gasteiger partial charge in [0.25, 0.3) is 5.91 Å². The van der Waals surface area contributed by atoms with Crippen LogP contribution in [0.25, 0.3) is 0 Å². The van der Waals surface area contributed by atoms with Crippen molar-refractivity contribution in [1.82, 2.24) is 10.2 Å². The van der Waals surface area contributed by atoms with Crippen molar-refractivity contribution in [3.05, 3.63) is 35.9 Å². The van der Waals surface area contributed by atoms with Crippen LogP contribution in [0, 0.1) is 0 Å². The van der Waals surface area contributed by atoms with Crippen molar-refractivity contribution in [2.75, 3.05) is 7.05 Å². The van der Waals surface area contributed by atoms with E-state index in [1.165, 1.54) is 7.05 Å². The molecule has 1 aromatic carbocycles. The number of piperidine rings is 1. The molecule has 1 aliphatic rings. The van der Waals surface area contributed by atoms with Gasteiger partial charge in [-0.25, -0.2) is 0 Å². The fourth-order valence-corrected chi connectivity index (χ4v) is 2.29. The highest BCUT2D eigenvalue weighted by Gasteiger charge is 2.33. The Hall–Kier alpha value is -2.21. The predicted octanol–water partition coefficient (Wildman–Crippen LogP) is -0.180. The van der Waals surface area contributed by atoms with Gasteiger partial charge < -0.3 is 11.1 Å². The van der Waals surface area contributed by atoms with E-state index in [1.807, 2.05) is 30.3 Å². The van der Waals surface area contributed by atoms with Crippen molar-refractivity contribution in [3.8, 4) is 0 Å². The summed E-state index contributed by atoms with van der Waals surface area (Å²) < 4.78 is 0. The second-order valence-corrected chi connectivity index (χ2v) is 5.19. The second kappa shape index (κ2) is 6.49. The maximum Gasteiger partial charge on any atom is 0.251 e. The molecule has 3 amide bonds. The van der Waals surface area contributed by atoms with E-state index in [9.17, 15) is 14.4 Å². The quantitative estimate of drug-likeness (QED) is 0.752. The van der Waals surface area contributed by atoms with Crippen LogP contribution >= 0.6 is 0 Å². The minimum Gasteiger partial charge on any atom is -0.343 e. The van der Waals surface area contributed by atoms with Gasteiger partial charge in [-0.1, -0.05) is 30.3 Å². The molecule has 1 heterocycles. The largest absolute Gasteiger partial charge is 0.343 e. The number of imide groups is 1. The molecule has 1 fully saturated rings. The average Bonchev–Trinajstić information content (AvgIpc) is 2.48. The van der Waals surface area contributed by atoms with Crippen LogP contribution in [0.4, 0.5) is 0 Å². The fraction of sp³-hybridized carbons (Fsp3) is 0.400. The zero-order valence-electron chi connectivity index (χ0n) is 11.9. The lowest BCUT2D eigenvalue weighted by molar-refractivity contribution is -0.149. The molecular weight excluding hydrogens is 270 g/mol. The van der Waals surface area contributed by atoms with E-state index in [4.69, 9.17) is 5.73 Å². The Morgan fingerprint density at radius 3 is 2.71 bits per heavy atom. The number of nitrogens with one attached hydrogen (secondary N) is 1. The van der Waals surface area contributed by atoms with Gasteiger partial charge in [0, 0.05) is 13.5 Å². The number of carbonyl (C=O) groups excluding carboxylic acids is 3. The van der Waals surface area contributed by atoms with Gasteiger partial charge in [-0.3, -0.25) is 19.3 Å². The first-order valence-electron chi connectivity index (χ1n) is 6.89. The van der Waals surface area contributed by atoms with E-state index >= 15 is 0 Å². The van der Waals surface area contributed by atoms with Crippen molar-refractivity contribution in [2.24, 2.45) is 5.73 Å². The highest BCUT2D eigenvalue weighted by Crippen LogP contribution is 2.11. The molecule has 3 N–H and O–H groups in total. The predicted molar refractivity (Wildman–Crippen MR) is 77.1 cm³/mol. The number of likely N-dealkylation sites (N-methyl/N-ethyl adjacent to an activating group) is 1. The maximum atomic E-state index is 12.1. The minimum atomic E-state index is -0.719. The van der Waals surface area contributed by atoms with Crippen LogP contribution in [-0.4, -0.2) is 41.8 Å². The topological polar surface area (TPSA) is 92.5 Å². The van der Waals surface area contributed by atoms with E-state index in [1.54, 1.807) is 0 Å². The van der Waals surface area contributed by atoms with Crippen LogP contribution in [0.15, 0.2) is 30.3 Å². The van der Waals surface area contributed by atoms with Gasteiger partial charge in [0.1, 0.15) is 6.04 Å². The van der Waals surface area contributed by atoms with E-state index in [2.05, 4.69) is 5.32 Å². The van der Waals surface area contributed by atoms with E-state index < -0.39 is 12.1 Å². The van der Waals surface area contributed by atoms with Gasteiger partial charge >= 0.3 is 0 Å². The molecule has 6 nitrogen and oxygen atoms in total. The number of hydrogen-bond donors (Lipinski definition) is 2. The van der Waals surface area contributed by atoms with Crippen LogP contribution in [0.5, 0.6) is 0 Å². The van der Waals surface area contributed by atoms with Gasteiger partial charge in [0.15, 0.2) is 0 Å². The summed E-state index contributed by atoms with van der Waals surface area (Å²) in [6.07, 6.45) is 0.981. The molecule has 1 aromatic rings. The Bertz CT molecular complexity index is 544. The van der Waals surface area contributed by atoms with Crippen LogP contribution < -0.4 is 11.1 Å². The lowest BCUT2D eigenvalue weighted by Crippen LogP contribution is -2.56. The molecule has 0 aliphatic carbocycles. The lowest BCUT2D eigenvalue weighted by Gasteiger charge is -2.28. The van der Waals surface area contributed by atoms with Crippen molar-refractivity contribution >= 4 is 17.7 Å². The van der Waals surface area contributed by atoms with E-state index in [0.29, 0.717) is 12.8 Å². The Morgan fingerprint density at radius 1 is 1.38 bits per heavy atom. The summed E-state index contributed by atoms with van der Waals surface area (Å²) in [5.74, 6) is -0.981. The molecule has 0 saturated carbocycles. The summed E-state index contributed by atoms with van der Waals surface area (Å²) >= 11 is 0. The van der Waals surface area contributed by atoms with Crippen LogP contribution in [0.3, 0.4) is 0 Å². The summed E-state index contributed by atoms with van der Waals surface area (Å²) in [5.41, 5.74) is 6.83. The van der Waals surface area contributed by atoms with Crippen LogP contribution in [-0.2, 0) is 20.8 Å². The Morgan fingerprint density at radius 2 is 2.05 bits per heavy atom. The number of likely N-dealkylation sites (tertiary alicyclic amines) is 1. The van der Waals surface area contributed by atoms with E-state index in [0.717, 1.165) is 10.5 Å². The molecule has 2 atom stereocenters. The highest BCUT2D eigenvalue weighted by atomic mass is 16.2. The average molecular weight is 289 g/mol. The van der Waals surface area contributed by atoms with Crippen LogP contribution in [0.2, 0.25) is 0 Å². The first kappa shape index (κ1) is 15.2. The summed E-state index contributed by atoms with van der Waals surface area (Å²) in [6, 6.07) is 8.06. The van der Waals surface area contributed by atoms with Crippen molar-refractivity contribution in [3.63, 3.8) is 0 Å². The van der Waals surface area contributed by atoms with Crippen molar-refractivity contribution in [1.29, 1.82) is 0 Å². The van der Waals surface area contributed by atoms with Gasteiger partial charge in [0.2, 0.25) is 11.8 Å². The Kier molecular flexibility index (Phi) is 4.70. The summed E-state index contributed by atoms with van der Waals surface area (Å²) in [7, 11) is 1.42. The normalized spacial score (nSPS) is 20.3. The van der Waals surface area contributed by atoms with Gasteiger partial charge in [0.05, 0.1) is 6.04 Å². The van der Waals surface area contributed by atoms with Crippen LogP contribution in [0.1, 0.15) is 18.4 Å². The molecule has 1 aliphatic heterocycles. The first-order valence-corrected chi connectivity index (χ1v) is 6.89. The zero-order valence-corrected chi connectivity index (χ0v) is 11.9. The number of carbonyl (C=O) groups is 3.